The van der Waals surface area contributed by atoms with Crippen LogP contribution in [-0.4, -0.2) is 23.7 Å². The maximum atomic E-state index is 11.3. The van der Waals surface area contributed by atoms with Crippen molar-refractivity contribution in [2.75, 3.05) is 6.61 Å². The number of aliphatic hydroxyl groups is 1. The Bertz CT molecular complexity index is 176. The van der Waals surface area contributed by atoms with Crippen LogP contribution in [0.3, 0.4) is 0 Å². The van der Waals surface area contributed by atoms with Crippen LogP contribution in [0, 0.1) is 11.8 Å². The molecule has 0 spiro atoms. The first-order valence-electron chi connectivity index (χ1n) is 5.03. The monoisotopic (exact) mass is 185 g/mol. The zero-order valence-corrected chi connectivity index (χ0v) is 8.42. The second-order valence-corrected chi connectivity index (χ2v) is 4.25. The van der Waals surface area contributed by atoms with E-state index in [2.05, 4.69) is 5.32 Å². The van der Waals surface area contributed by atoms with Crippen LogP contribution in [-0.2, 0) is 4.79 Å². The fourth-order valence-corrected chi connectivity index (χ4v) is 1.27. The van der Waals surface area contributed by atoms with Crippen molar-refractivity contribution < 1.29 is 9.90 Å². The van der Waals surface area contributed by atoms with Gasteiger partial charge in [-0.15, -0.1) is 0 Å². The summed E-state index contributed by atoms with van der Waals surface area (Å²) in [6.45, 7) is 4.03. The van der Waals surface area contributed by atoms with Gasteiger partial charge >= 0.3 is 0 Å². The third kappa shape index (κ3) is 3.77. The van der Waals surface area contributed by atoms with E-state index in [0.717, 1.165) is 0 Å². The smallest absolute Gasteiger partial charge is 0.220 e. The summed E-state index contributed by atoms with van der Waals surface area (Å²) in [5.74, 6) is 1.01. The van der Waals surface area contributed by atoms with Crippen LogP contribution in [0.5, 0.6) is 0 Å². The Balaban J connectivity index is 2.22. The summed E-state index contributed by atoms with van der Waals surface area (Å²) in [5, 5.41) is 11.8. The summed E-state index contributed by atoms with van der Waals surface area (Å²) in [7, 11) is 0. The van der Waals surface area contributed by atoms with E-state index in [0.29, 0.717) is 18.3 Å². The van der Waals surface area contributed by atoms with Crippen molar-refractivity contribution in [3.8, 4) is 0 Å². The summed E-state index contributed by atoms with van der Waals surface area (Å²) >= 11 is 0. The Morgan fingerprint density at radius 2 is 2.15 bits per heavy atom. The molecule has 13 heavy (non-hydrogen) atoms. The standard InChI is InChI=1S/C10H19NO2/c1-7(2)9(6-12)11-10(13)5-8-3-4-8/h7-9,12H,3-6H2,1-2H3,(H,11,13). The SMILES string of the molecule is CC(C)C(CO)NC(=O)CC1CC1. The van der Waals surface area contributed by atoms with Crippen molar-refractivity contribution in [2.24, 2.45) is 11.8 Å². The molecular weight excluding hydrogens is 166 g/mol. The second-order valence-electron chi connectivity index (χ2n) is 4.25. The third-order valence-electron chi connectivity index (χ3n) is 2.52. The number of rotatable bonds is 5. The molecule has 0 aromatic rings. The molecule has 1 fully saturated rings. The van der Waals surface area contributed by atoms with Gasteiger partial charge < -0.3 is 10.4 Å². The lowest BCUT2D eigenvalue weighted by Crippen LogP contribution is -2.41. The lowest BCUT2D eigenvalue weighted by Gasteiger charge is -2.19. The largest absolute Gasteiger partial charge is 0.394 e. The highest BCUT2D eigenvalue weighted by molar-refractivity contribution is 5.76. The number of amides is 1. The van der Waals surface area contributed by atoms with Gasteiger partial charge in [-0.25, -0.2) is 0 Å². The molecule has 0 saturated heterocycles. The highest BCUT2D eigenvalue weighted by atomic mass is 16.3. The molecule has 0 bridgehead atoms. The molecule has 1 unspecified atom stereocenters. The minimum Gasteiger partial charge on any atom is -0.394 e. The molecule has 1 amide bonds. The van der Waals surface area contributed by atoms with E-state index in [9.17, 15) is 4.79 Å². The van der Waals surface area contributed by atoms with E-state index < -0.39 is 0 Å². The molecule has 76 valence electrons. The highest BCUT2D eigenvalue weighted by Crippen LogP contribution is 2.32. The van der Waals surface area contributed by atoms with Gasteiger partial charge in [0.05, 0.1) is 12.6 Å². The lowest BCUT2D eigenvalue weighted by atomic mass is 10.1. The molecule has 0 heterocycles. The number of nitrogens with one attached hydrogen (secondary N) is 1. The number of carbonyl (C=O) groups excluding carboxylic acids is 1. The topological polar surface area (TPSA) is 49.3 Å². The van der Waals surface area contributed by atoms with E-state index in [1.54, 1.807) is 0 Å². The molecule has 0 aliphatic heterocycles. The maximum Gasteiger partial charge on any atom is 0.220 e. The molecule has 1 saturated carbocycles. The molecular formula is C10H19NO2. The Kier molecular flexibility index (Phi) is 3.72. The van der Waals surface area contributed by atoms with Crippen molar-refractivity contribution >= 4 is 5.91 Å². The van der Waals surface area contributed by atoms with Crippen molar-refractivity contribution in [3.63, 3.8) is 0 Å². The highest BCUT2D eigenvalue weighted by Gasteiger charge is 2.25. The van der Waals surface area contributed by atoms with E-state index in [4.69, 9.17) is 5.11 Å². The summed E-state index contributed by atoms with van der Waals surface area (Å²) in [6, 6.07) is -0.0775. The van der Waals surface area contributed by atoms with E-state index in [-0.39, 0.29) is 18.6 Å². The average molecular weight is 185 g/mol. The predicted molar refractivity (Wildman–Crippen MR) is 51.2 cm³/mol. The van der Waals surface area contributed by atoms with Gasteiger partial charge in [-0.05, 0) is 24.7 Å². The molecule has 0 aromatic carbocycles. The summed E-state index contributed by atoms with van der Waals surface area (Å²) in [5.41, 5.74) is 0. The molecule has 3 nitrogen and oxygen atoms in total. The van der Waals surface area contributed by atoms with Crippen LogP contribution in [0.4, 0.5) is 0 Å². The first-order valence-corrected chi connectivity index (χ1v) is 5.03. The summed E-state index contributed by atoms with van der Waals surface area (Å²) in [6.07, 6.45) is 3.03. The van der Waals surface area contributed by atoms with Crippen LogP contribution in [0.1, 0.15) is 33.1 Å². The Morgan fingerprint density at radius 1 is 1.54 bits per heavy atom. The number of hydrogen-bond acceptors (Lipinski definition) is 2. The minimum absolute atomic E-state index is 0.0358. The third-order valence-corrected chi connectivity index (χ3v) is 2.52. The number of aliphatic hydroxyl groups excluding tert-OH is 1. The minimum atomic E-state index is -0.0775. The molecule has 1 atom stereocenters. The quantitative estimate of drug-likeness (QED) is 0.669. The Morgan fingerprint density at radius 3 is 2.54 bits per heavy atom. The zero-order chi connectivity index (χ0) is 9.84. The zero-order valence-electron chi connectivity index (χ0n) is 8.42. The molecule has 1 rings (SSSR count). The number of hydrogen-bond donors (Lipinski definition) is 2. The van der Waals surface area contributed by atoms with Gasteiger partial charge in [0.15, 0.2) is 0 Å². The van der Waals surface area contributed by atoms with Crippen LogP contribution >= 0.6 is 0 Å². The van der Waals surface area contributed by atoms with E-state index in [1.807, 2.05) is 13.8 Å². The van der Waals surface area contributed by atoms with Gasteiger partial charge in [0.2, 0.25) is 5.91 Å². The van der Waals surface area contributed by atoms with E-state index in [1.165, 1.54) is 12.8 Å². The molecule has 1 aliphatic rings. The van der Waals surface area contributed by atoms with Crippen molar-refractivity contribution in [1.82, 2.24) is 5.32 Å². The molecule has 0 aromatic heterocycles. The maximum absolute atomic E-state index is 11.3. The molecule has 3 heteroatoms. The van der Waals surface area contributed by atoms with Gasteiger partial charge in [0.1, 0.15) is 0 Å². The van der Waals surface area contributed by atoms with Crippen LogP contribution in [0.15, 0.2) is 0 Å². The van der Waals surface area contributed by atoms with Gasteiger partial charge in [0.25, 0.3) is 0 Å². The first kappa shape index (κ1) is 10.5. The molecule has 1 aliphatic carbocycles. The summed E-state index contributed by atoms with van der Waals surface area (Å²) < 4.78 is 0. The lowest BCUT2D eigenvalue weighted by molar-refractivity contribution is -0.122. The van der Waals surface area contributed by atoms with Crippen LogP contribution in [0.2, 0.25) is 0 Å². The van der Waals surface area contributed by atoms with Crippen molar-refractivity contribution in [1.29, 1.82) is 0 Å². The molecule has 0 radical (unpaired) electrons. The van der Waals surface area contributed by atoms with Gasteiger partial charge in [-0.3, -0.25) is 4.79 Å². The first-order chi connectivity index (χ1) is 6.13. The Hall–Kier alpha value is -0.570. The average Bonchev–Trinajstić information content (AvgIpc) is 2.83. The second kappa shape index (κ2) is 4.61. The number of carbonyl (C=O) groups is 1. The van der Waals surface area contributed by atoms with Gasteiger partial charge in [0, 0.05) is 6.42 Å². The Labute approximate surface area is 79.5 Å². The van der Waals surface area contributed by atoms with Crippen molar-refractivity contribution in [2.45, 2.75) is 39.2 Å². The fraction of sp³-hybridized carbons (Fsp3) is 0.900. The van der Waals surface area contributed by atoms with E-state index >= 15 is 0 Å². The van der Waals surface area contributed by atoms with Crippen LogP contribution in [0.25, 0.3) is 0 Å². The van der Waals surface area contributed by atoms with Crippen LogP contribution < -0.4 is 5.32 Å². The molecule has 2 N–H and O–H groups in total. The normalized spacial score (nSPS) is 18.8. The fourth-order valence-electron chi connectivity index (χ4n) is 1.27. The van der Waals surface area contributed by atoms with Gasteiger partial charge in [-0.1, -0.05) is 13.8 Å². The predicted octanol–water partition coefficient (Wildman–Crippen LogP) is 0.920. The summed E-state index contributed by atoms with van der Waals surface area (Å²) in [4.78, 5) is 11.3. The van der Waals surface area contributed by atoms with Gasteiger partial charge in [-0.2, -0.15) is 0 Å². The van der Waals surface area contributed by atoms with Crippen molar-refractivity contribution in [3.05, 3.63) is 0 Å².